The molecule has 4 aromatic rings. The Labute approximate surface area is 262 Å². The number of hydrogen-bond donors (Lipinski definition) is 3. The third kappa shape index (κ3) is 6.48. The molecule has 3 heterocycles. The Bertz CT molecular complexity index is 1790. The topological polar surface area (TPSA) is 182 Å². The molecule has 2 aromatic heterocycles. The number of nitrogen functional groups attached to an aromatic ring is 1. The van der Waals surface area contributed by atoms with Crippen LogP contribution < -0.4 is 20.1 Å². The lowest BCUT2D eigenvalue weighted by molar-refractivity contribution is -0.202. The highest BCUT2D eigenvalue weighted by Crippen LogP contribution is 2.52. The first-order valence-corrected chi connectivity index (χ1v) is 16.0. The summed E-state index contributed by atoms with van der Waals surface area (Å²) in [5.41, 5.74) is 3.04. The van der Waals surface area contributed by atoms with Crippen molar-refractivity contribution in [2.24, 2.45) is 0 Å². The summed E-state index contributed by atoms with van der Waals surface area (Å²) in [5.74, 6) is -4.20. The molecule has 248 valence electrons. The first-order valence-electron chi connectivity index (χ1n) is 14.4. The Morgan fingerprint density at radius 3 is 2.63 bits per heavy atom. The van der Waals surface area contributed by atoms with E-state index in [9.17, 15) is 14.5 Å². The lowest BCUT2D eigenvalue weighted by Gasteiger charge is -2.28. The lowest BCUT2D eigenvalue weighted by atomic mass is 9.97. The van der Waals surface area contributed by atoms with Gasteiger partial charge in [0.05, 0.1) is 19.0 Å². The van der Waals surface area contributed by atoms with Crippen molar-refractivity contribution in [1.82, 2.24) is 24.6 Å². The Balaban J connectivity index is 1.45. The molecule has 1 aliphatic rings. The molecule has 1 aliphatic heterocycles. The van der Waals surface area contributed by atoms with Crippen molar-refractivity contribution in [2.45, 2.75) is 70.6 Å². The first-order chi connectivity index (χ1) is 21.7. The number of anilines is 1. The zero-order chi connectivity index (χ0) is 33.4. The summed E-state index contributed by atoms with van der Waals surface area (Å²) in [6.07, 6.45) is -3.70. The number of benzene rings is 2. The molecule has 5 rings (SSSR count). The fourth-order valence-electron chi connectivity index (χ4n) is 4.97. The second-order valence-electron chi connectivity index (χ2n) is 11.1. The summed E-state index contributed by atoms with van der Waals surface area (Å²) in [6, 6.07) is 10.7. The number of fused-ring (bicyclic) bond motifs is 2. The van der Waals surface area contributed by atoms with Gasteiger partial charge in [0.15, 0.2) is 29.2 Å². The molecule has 0 bridgehead atoms. The van der Waals surface area contributed by atoms with Crippen LogP contribution >= 0.6 is 7.75 Å². The summed E-state index contributed by atoms with van der Waals surface area (Å²) in [6.45, 7) is 6.15. The predicted molar refractivity (Wildman–Crippen MR) is 162 cm³/mol. The van der Waals surface area contributed by atoms with Crippen LogP contribution in [0.3, 0.4) is 0 Å². The average Bonchev–Trinajstić information content (AvgIpc) is 3.48. The maximum Gasteiger partial charge on any atom is 0.459 e. The molecule has 0 aliphatic carbocycles. The number of carbonyl (C=O) groups excluding carboxylic acids is 1. The van der Waals surface area contributed by atoms with Crippen molar-refractivity contribution in [3.8, 4) is 11.6 Å². The summed E-state index contributed by atoms with van der Waals surface area (Å²) in [4.78, 5) is 24.8. The Kier molecular flexibility index (Phi) is 9.21. The van der Waals surface area contributed by atoms with Crippen LogP contribution in [0.15, 0.2) is 48.8 Å². The number of aliphatic hydroxyl groups is 1. The third-order valence-electron chi connectivity index (χ3n) is 7.13. The summed E-state index contributed by atoms with van der Waals surface area (Å²) >= 11 is 0. The van der Waals surface area contributed by atoms with Crippen LogP contribution in [0.25, 0.3) is 21.9 Å². The molecule has 2 unspecified atom stereocenters. The van der Waals surface area contributed by atoms with Crippen LogP contribution in [0.2, 0.25) is 0 Å². The van der Waals surface area contributed by atoms with Gasteiger partial charge < -0.3 is 29.6 Å². The number of carbonyl (C=O) groups is 1. The normalized spacial score (nSPS) is 25.1. The minimum Gasteiger partial charge on any atom is -0.476 e. The van der Waals surface area contributed by atoms with Crippen LogP contribution in [0.5, 0.6) is 11.6 Å². The molecule has 1 saturated heterocycles. The number of imidazole rings is 1. The smallest absolute Gasteiger partial charge is 0.459 e. The van der Waals surface area contributed by atoms with Crippen molar-refractivity contribution in [2.75, 3.05) is 18.9 Å². The number of aliphatic hydroxyl groups excluding tert-OH is 1. The molecule has 0 amide bonds. The molecular weight excluding hydrogens is 629 g/mol. The number of hydrogen-bond acceptors (Lipinski definition) is 12. The van der Waals surface area contributed by atoms with Gasteiger partial charge in [-0.1, -0.05) is 36.4 Å². The van der Waals surface area contributed by atoms with E-state index in [0.29, 0.717) is 5.39 Å². The molecule has 1 fully saturated rings. The second kappa shape index (κ2) is 12.7. The van der Waals surface area contributed by atoms with E-state index in [0.717, 1.165) is 23.2 Å². The Hall–Kier alpha value is -3.95. The van der Waals surface area contributed by atoms with Crippen molar-refractivity contribution in [1.29, 1.82) is 0 Å². The van der Waals surface area contributed by atoms with Gasteiger partial charge in [-0.3, -0.25) is 13.9 Å². The number of alkyl halides is 2. The summed E-state index contributed by atoms with van der Waals surface area (Å²) in [5, 5.41) is 14.6. The fourth-order valence-corrected chi connectivity index (χ4v) is 6.49. The highest BCUT2D eigenvalue weighted by Gasteiger charge is 2.65. The fraction of sp³-hybridized carbons (Fsp3) is 0.448. The summed E-state index contributed by atoms with van der Waals surface area (Å²) < 4.78 is 75.2. The molecule has 0 saturated carbocycles. The maximum absolute atomic E-state index is 16.5. The number of aromatic nitrogens is 4. The average molecular weight is 665 g/mol. The van der Waals surface area contributed by atoms with Gasteiger partial charge in [0.2, 0.25) is 11.8 Å². The Morgan fingerprint density at radius 1 is 1.20 bits per heavy atom. The lowest BCUT2D eigenvalue weighted by Crippen LogP contribution is -2.47. The van der Waals surface area contributed by atoms with Gasteiger partial charge in [0.1, 0.15) is 18.4 Å². The number of nitrogens with one attached hydrogen (secondary N) is 1. The number of nitrogens with zero attached hydrogens (tertiary/aromatic N) is 4. The molecule has 0 radical (unpaired) electrons. The standard InChI is InChI=1S/C29H35F2N6O8P/c1-6-41-23-21-22(34-27(32)35-23)37(15-33-21)26-28(5,30)25(39)29(31,44-26)14-42-46(40,36-17(4)24(38)43-16(2)3)45-20-13-9-11-18-10-7-8-12-19(18)20/h7-13,15-17,25-26,39H,6,14H2,1-5H3,(H,36,40)(H2,32,34,35)/t17-,25-,26?,28+,29+,46?/m0/s1. The van der Waals surface area contributed by atoms with Crippen molar-refractivity contribution in [3.05, 3.63) is 48.8 Å². The summed E-state index contributed by atoms with van der Waals surface area (Å²) in [7, 11) is -4.68. The van der Waals surface area contributed by atoms with Gasteiger partial charge in [0, 0.05) is 5.39 Å². The number of ether oxygens (including phenoxy) is 3. The van der Waals surface area contributed by atoms with E-state index in [1.165, 1.54) is 13.0 Å². The molecular formula is C29H35F2N6O8P. The van der Waals surface area contributed by atoms with Gasteiger partial charge in [-0.25, -0.2) is 18.3 Å². The van der Waals surface area contributed by atoms with E-state index in [1.54, 1.807) is 57.2 Å². The predicted octanol–water partition coefficient (Wildman–Crippen LogP) is 4.38. The molecule has 17 heteroatoms. The third-order valence-corrected chi connectivity index (χ3v) is 8.74. The van der Waals surface area contributed by atoms with Gasteiger partial charge in [-0.15, -0.1) is 0 Å². The zero-order valence-electron chi connectivity index (χ0n) is 25.7. The van der Waals surface area contributed by atoms with E-state index < -0.39 is 56.3 Å². The number of halogens is 2. The zero-order valence-corrected chi connectivity index (χ0v) is 26.6. The van der Waals surface area contributed by atoms with Gasteiger partial charge in [0.25, 0.3) is 5.85 Å². The second-order valence-corrected chi connectivity index (χ2v) is 12.8. The molecule has 0 spiro atoms. The van der Waals surface area contributed by atoms with Crippen LogP contribution in [0, 0.1) is 0 Å². The van der Waals surface area contributed by atoms with E-state index in [4.69, 9.17) is 29.0 Å². The van der Waals surface area contributed by atoms with Gasteiger partial charge in [-0.2, -0.15) is 15.1 Å². The molecule has 6 atom stereocenters. The molecule has 4 N–H and O–H groups in total. The molecule has 14 nitrogen and oxygen atoms in total. The quantitative estimate of drug-likeness (QED) is 0.143. The minimum absolute atomic E-state index is 0.0143. The number of esters is 1. The van der Waals surface area contributed by atoms with E-state index >= 15 is 8.78 Å². The van der Waals surface area contributed by atoms with Crippen molar-refractivity contribution < 1.29 is 46.5 Å². The van der Waals surface area contributed by atoms with Crippen LogP contribution in [-0.2, 0) is 23.4 Å². The van der Waals surface area contributed by atoms with Crippen LogP contribution in [0.1, 0.15) is 40.8 Å². The van der Waals surface area contributed by atoms with E-state index in [1.807, 2.05) is 0 Å². The van der Waals surface area contributed by atoms with E-state index in [-0.39, 0.29) is 35.3 Å². The highest BCUT2D eigenvalue weighted by atomic mass is 31.2. The monoisotopic (exact) mass is 664 g/mol. The highest BCUT2D eigenvalue weighted by molar-refractivity contribution is 7.52. The first kappa shape index (κ1) is 33.4. The van der Waals surface area contributed by atoms with Gasteiger partial charge in [-0.05, 0) is 46.1 Å². The molecule has 2 aromatic carbocycles. The minimum atomic E-state index is -4.68. The number of nitrogens with two attached hydrogens (primary N) is 1. The van der Waals surface area contributed by atoms with Crippen LogP contribution in [-0.4, -0.2) is 73.6 Å². The van der Waals surface area contributed by atoms with Crippen LogP contribution in [0.4, 0.5) is 14.7 Å². The molecule has 46 heavy (non-hydrogen) atoms. The van der Waals surface area contributed by atoms with Crippen molar-refractivity contribution in [3.63, 3.8) is 0 Å². The largest absolute Gasteiger partial charge is 0.476 e. The van der Waals surface area contributed by atoms with E-state index in [2.05, 4.69) is 20.0 Å². The number of rotatable bonds is 12. The maximum atomic E-state index is 16.5. The SMILES string of the molecule is CCOc1nc(N)nc2c1ncn2C1O[C@](F)(COP(=O)(N[C@@H](C)C(=O)OC(C)C)Oc2cccc3ccccc23)[C@@H](O)[C@@]1(C)F. The Morgan fingerprint density at radius 2 is 1.91 bits per heavy atom. The van der Waals surface area contributed by atoms with Crippen molar-refractivity contribution >= 4 is 41.6 Å². The van der Waals surface area contributed by atoms with Gasteiger partial charge >= 0.3 is 13.7 Å².